The van der Waals surface area contributed by atoms with Crippen molar-refractivity contribution < 1.29 is 19.1 Å². The number of imide groups is 1. The summed E-state index contributed by atoms with van der Waals surface area (Å²) in [6, 6.07) is 9.11. The molecule has 4 rings (SSSR count). The Bertz CT molecular complexity index is 925. The van der Waals surface area contributed by atoms with Crippen LogP contribution < -0.4 is 19.7 Å². The Hall–Kier alpha value is -2.70. The van der Waals surface area contributed by atoms with Gasteiger partial charge in [-0.2, -0.15) is 0 Å². The Balaban J connectivity index is 1.68. The molecule has 2 heterocycles. The molecule has 0 bridgehead atoms. The number of nitrogens with zero attached hydrogens (tertiary/aromatic N) is 1. The van der Waals surface area contributed by atoms with Crippen LogP contribution in [0.4, 0.5) is 10.5 Å². The first-order valence-corrected chi connectivity index (χ1v) is 8.00. The minimum atomic E-state index is -0.546. The molecule has 2 aliphatic rings. The van der Waals surface area contributed by atoms with Crippen molar-refractivity contribution in [1.29, 1.82) is 0 Å². The van der Waals surface area contributed by atoms with Gasteiger partial charge in [-0.05, 0) is 42.0 Å². The van der Waals surface area contributed by atoms with Crippen LogP contribution in [0.2, 0.25) is 10.0 Å². The molecule has 1 fully saturated rings. The summed E-state index contributed by atoms with van der Waals surface area (Å²) in [6.07, 6.45) is 1.50. The highest BCUT2D eigenvalue weighted by Gasteiger charge is 2.35. The largest absolute Gasteiger partial charge is 0.454 e. The van der Waals surface area contributed by atoms with Gasteiger partial charge in [0.1, 0.15) is 5.70 Å². The van der Waals surface area contributed by atoms with E-state index in [1.807, 2.05) is 0 Å². The van der Waals surface area contributed by atoms with Crippen molar-refractivity contribution in [3.8, 4) is 11.5 Å². The van der Waals surface area contributed by atoms with E-state index >= 15 is 0 Å². The topological polar surface area (TPSA) is 67.9 Å². The second-order valence-corrected chi connectivity index (χ2v) is 6.18. The molecule has 0 spiro atoms. The Labute approximate surface area is 152 Å². The summed E-state index contributed by atoms with van der Waals surface area (Å²) in [7, 11) is 0. The number of rotatable bonds is 2. The Morgan fingerprint density at radius 3 is 2.44 bits per heavy atom. The molecule has 2 aromatic carbocycles. The third kappa shape index (κ3) is 2.79. The zero-order chi connectivity index (χ0) is 17.6. The first kappa shape index (κ1) is 15.8. The molecule has 2 aromatic rings. The van der Waals surface area contributed by atoms with Gasteiger partial charge in [-0.1, -0.05) is 23.2 Å². The van der Waals surface area contributed by atoms with Crippen LogP contribution in [0.5, 0.6) is 11.5 Å². The number of anilines is 1. The molecule has 8 heteroatoms. The molecule has 3 amide bonds. The summed E-state index contributed by atoms with van der Waals surface area (Å²) in [6.45, 7) is 0.117. The average molecular weight is 377 g/mol. The van der Waals surface area contributed by atoms with Gasteiger partial charge >= 0.3 is 6.03 Å². The zero-order valence-electron chi connectivity index (χ0n) is 12.6. The molecule has 0 aromatic heterocycles. The maximum absolute atomic E-state index is 12.6. The maximum atomic E-state index is 12.6. The van der Waals surface area contributed by atoms with Crippen LogP contribution in [0.25, 0.3) is 6.08 Å². The fourth-order valence-electron chi connectivity index (χ4n) is 2.56. The number of ether oxygens (including phenoxy) is 2. The maximum Gasteiger partial charge on any atom is 0.333 e. The van der Waals surface area contributed by atoms with Crippen molar-refractivity contribution in [2.45, 2.75) is 0 Å². The van der Waals surface area contributed by atoms with E-state index < -0.39 is 11.9 Å². The summed E-state index contributed by atoms with van der Waals surface area (Å²) in [5.74, 6) is 0.584. The van der Waals surface area contributed by atoms with E-state index in [9.17, 15) is 9.59 Å². The number of fused-ring (bicyclic) bond motifs is 1. The number of carbonyl (C=O) groups excluding carboxylic acids is 2. The smallest absolute Gasteiger partial charge is 0.333 e. The highest BCUT2D eigenvalue weighted by Crippen LogP contribution is 2.37. The Morgan fingerprint density at radius 1 is 1.04 bits per heavy atom. The van der Waals surface area contributed by atoms with E-state index in [0.29, 0.717) is 32.8 Å². The number of nitrogens with one attached hydrogen (secondary N) is 1. The monoisotopic (exact) mass is 376 g/mol. The number of halogens is 2. The van der Waals surface area contributed by atoms with Crippen molar-refractivity contribution in [1.82, 2.24) is 5.32 Å². The predicted molar refractivity (Wildman–Crippen MR) is 93.0 cm³/mol. The summed E-state index contributed by atoms with van der Waals surface area (Å²) in [5, 5.41) is 3.44. The van der Waals surface area contributed by atoms with Gasteiger partial charge in [-0.15, -0.1) is 0 Å². The lowest BCUT2D eigenvalue weighted by Crippen LogP contribution is -2.30. The number of hydrogen-bond donors (Lipinski definition) is 1. The molecular formula is C17H10Cl2N2O4. The molecule has 0 aliphatic carbocycles. The average Bonchev–Trinajstić information content (AvgIpc) is 3.13. The third-order valence-corrected chi connectivity index (χ3v) is 4.33. The standard InChI is InChI=1S/C17H10Cl2N2O4/c18-10-1-3-11(4-2-10)21-16(22)13(20-17(21)23)5-9-6-14-15(7-12(9)19)25-8-24-14/h1-7H,8H2,(H,20,23)/b13-5+. The molecule has 25 heavy (non-hydrogen) atoms. The molecule has 1 saturated heterocycles. The zero-order valence-corrected chi connectivity index (χ0v) is 14.1. The number of carbonyl (C=O) groups is 2. The molecule has 6 nitrogen and oxygen atoms in total. The van der Waals surface area contributed by atoms with E-state index in [1.165, 1.54) is 6.08 Å². The van der Waals surface area contributed by atoms with Crippen molar-refractivity contribution in [3.63, 3.8) is 0 Å². The van der Waals surface area contributed by atoms with Gasteiger partial charge in [-0.3, -0.25) is 4.79 Å². The molecule has 0 radical (unpaired) electrons. The van der Waals surface area contributed by atoms with Gasteiger partial charge in [0.15, 0.2) is 11.5 Å². The minimum Gasteiger partial charge on any atom is -0.454 e. The first-order valence-electron chi connectivity index (χ1n) is 7.25. The Kier molecular flexibility index (Phi) is 3.78. The van der Waals surface area contributed by atoms with Gasteiger partial charge in [0, 0.05) is 11.1 Å². The highest BCUT2D eigenvalue weighted by atomic mass is 35.5. The molecular weight excluding hydrogens is 367 g/mol. The number of hydrogen-bond acceptors (Lipinski definition) is 4. The van der Waals surface area contributed by atoms with Gasteiger partial charge in [0.2, 0.25) is 6.79 Å². The van der Waals surface area contributed by atoms with Crippen LogP contribution in [0, 0.1) is 0 Å². The van der Waals surface area contributed by atoms with Gasteiger partial charge in [0.05, 0.1) is 10.7 Å². The summed E-state index contributed by atoms with van der Waals surface area (Å²) >= 11 is 12.0. The van der Waals surface area contributed by atoms with Crippen molar-refractivity contribution >= 4 is 46.9 Å². The van der Waals surface area contributed by atoms with Crippen LogP contribution in [0.15, 0.2) is 42.1 Å². The lowest BCUT2D eigenvalue weighted by atomic mass is 10.1. The minimum absolute atomic E-state index is 0.112. The SMILES string of the molecule is O=C1N/C(=C/c2cc3c(cc2Cl)OCO3)C(=O)N1c1ccc(Cl)cc1. The van der Waals surface area contributed by atoms with E-state index in [0.717, 1.165) is 4.90 Å². The highest BCUT2D eigenvalue weighted by molar-refractivity contribution is 6.33. The number of benzene rings is 2. The van der Waals surface area contributed by atoms with Gasteiger partial charge < -0.3 is 14.8 Å². The Morgan fingerprint density at radius 2 is 1.72 bits per heavy atom. The number of amides is 3. The van der Waals surface area contributed by atoms with Crippen molar-refractivity contribution in [3.05, 3.63) is 57.7 Å². The third-order valence-electron chi connectivity index (χ3n) is 3.75. The van der Waals surface area contributed by atoms with Crippen LogP contribution in [-0.2, 0) is 4.79 Å². The summed E-state index contributed by atoms with van der Waals surface area (Å²) < 4.78 is 10.5. The first-order chi connectivity index (χ1) is 12.0. The second kappa shape index (κ2) is 5.98. The summed E-state index contributed by atoms with van der Waals surface area (Å²) in [4.78, 5) is 25.8. The molecule has 0 saturated carbocycles. The lowest BCUT2D eigenvalue weighted by Gasteiger charge is -2.11. The summed E-state index contributed by atoms with van der Waals surface area (Å²) in [5.41, 5.74) is 1.07. The molecule has 1 N–H and O–H groups in total. The molecule has 2 aliphatic heterocycles. The van der Waals surface area contributed by atoms with Crippen LogP contribution >= 0.6 is 23.2 Å². The number of urea groups is 1. The van der Waals surface area contributed by atoms with E-state index in [2.05, 4.69) is 5.32 Å². The molecule has 126 valence electrons. The predicted octanol–water partition coefficient (Wildman–Crippen LogP) is 3.82. The molecule has 0 unspecified atom stereocenters. The van der Waals surface area contributed by atoms with Gasteiger partial charge in [0.25, 0.3) is 5.91 Å². The van der Waals surface area contributed by atoms with E-state index in [1.54, 1.807) is 36.4 Å². The van der Waals surface area contributed by atoms with Gasteiger partial charge in [-0.25, -0.2) is 9.69 Å². The quantitative estimate of drug-likeness (QED) is 0.638. The lowest BCUT2D eigenvalue weighted by molar-refractivity contribution is -0.113. The van der Waals surface area contributed by atoms with E-state index in [-0.39, 0.29) is 12.5 Å². The fourth-order valence-corrected chi connectivity index (χ4v) is 2.89. The van der Waals surface area contributed by atoms with Crippen LogP contribution in [0.1, 0.15) is 5.56 Å². The second-order valence-electron chi connectivity index (χ2n) is 5.33. The normalized spacial score (nSPS) is 17.4. The molecule has 0 atom stereocenters. The van der Waals surface area contributed by atoms with E-state index in [4.69, 9.17) is 32.7 Å². The van der Waals surface area contributed by atoms with Crippen molar-refractivity contribution in [2.75, 3.05) is 11.7 Å². The fraction of sp³-hybridized carbons (Fsp3) is 0.0588. The van der Waals surface area contributed by atoms with Crippen LogP contribution in [0.3, 0.4) is 0 Å². The van der Waals surface area contributed by atoms with Crippen LogP contribution in [-0.4, -0.2) is 18.7 Å². The van der Waals surface area contributed by atoms with Crippen molar-refractivity contribution in [2.24, 2.45) is 0 Å².